The van der Waals surface area contributed by atoms with E-state index in [1.165, 1.54) is 5.56 Å². The summed E-state index contributed by atoms with van der Waals surface area (Å²) in [4.78, 5) is 33.1. The number of hydrogen-bond acceptors (Lipinski definition) is 6. The van der Waals surface area contributed by atoms with Gasteiger partial charge in [0.1, 0.15) is 0 Å². The van der Waals surface area contributed by atoms with Crippen LogP contribution in [0.25, 0.3) is 0 Å². The second kappa shape index (κ2) is 9.61. The van der Waals surface area contributed by atoms with E-state index in [9.17, 15) is 14.9 Å². The van der Waals surface area contributed by atoms with E-state index in [2.05, 4.69) is 32.2 Å². The van der Waals surface area contributed by atoms with E-state index in [-0.39, 0.29) is 28.5 Å². The predicted octanol–water partition coefficient (Wildman–Crippen LogP) is 3.17. The van der Waals surface area contributed by atoms with Gasteiger partial charge in [-0.05, 0) is 41.3 Å². The molecule has 1 N–H and O–H groups in total. The summed E-state index contributed by atoms with van der Waals surface area (Å²) in [5, 5.41) is 14.5. The molecular weight excluding hydrogens is 430 g/mol. The molecule has 0 saturated carbocycles. The van der Waals surface area contributed by atoms with E-state index in [0.717, 1.165) is 43.0 Å². The van der Waals surface area contributed by atoms with Crippen LogP contribution in [0.2, 0.25) is 0 Å². The van der Waals surface area contributed by atoms with Crippen molar-refractivity contribution < 1.29 is 9.72 Å². The number of carbonyl (C=O) groups excluding carboxylic acids is 1. The Hall–Kier alpha value is -3.78. The van der Waals surface area contributed by atoms with Gasteiger partial charge in [-0.25, -0.2) is 0 Å². The van der Waals surface area contributed by atoms with Crippen molar-refractivity contribution in [3.63, 3.8) is 0 Å². The smallest absolute Gasteiger partial charge is 0.269 e. The van der Waals surface area contributed by atoms with Gasteiger partial charge in [0.2, 0.25) is 5.91 Å². The van der Waals surface area contributed by atoms with Crippen LogP contribution in [0.15, 0.2) is 73.1 Å². The Morgan fingerprint density at radius 1 is 1.06 bits per heavy atom. The van der Waals surface area contributed by atoms with Crippen LogP contribution in [0.5, 0.6) is 0 Å². The molecule has 0 bridgehead atoms. The molecule has 1 amide bonds. The average molecular weight is 458 g/mol. The van der Waals surface area contributed by atoms with Gasteiger partial charge in [-0.3, -0.25) is 24.8 Å². The molecule has 1 fully saturated rings. The summed E-state index contributed by atoms with van der Waals surface area (Å²) in [6.45, 7) is 3.67. The van der Waals surface area contributed by atoms with Gasteiger partial charge in [0, 0.05) is 62.9 Å². The molecule has 5 rings (SSSR count). The van der Waals surface area contributed by atoms with Crippen molar-refractivity contribution in [2.24, 2.45) is 5.92 Å². The number of nitro groups is 1. The first-order chi connectivity index (χ1) is 16.6. The normalized spacial score (nSPS) is 19.7. The van der Waals surface area contributed by atoms with Gasteiger partial charge in [-0.15, -0.1) is 0 Å². The molecule has 3 aromatic rings. The number of hydrogen-bond donors (Lipinski definition) is 1. The van der Waals surface area contributed by atoms with Crippen LogP contribution < -0.4 is 10.2 Å². The lowest BCUT2D eigenvalue weighted by Gasteiger charge is -2.49. The van der Waals surface area contributed by atoms with Gasteiger partial charge >= 0.3 is 0 Å². The molecule has 2 aliphatic heterocycles. The Labute approximate surface area is 198 Å². The minimum absolute atomic E-state index is 0.00357. The zero-order valence-corrected chi connectivity index (χ0v) is 18.8. The highest BCUT2D eigenvalue weighted by Crippen LogP contribution is 2.38. The van der Waals surface area contributed by atoms with Gasteiger partial charge in [0.15, 0.2) is 0 Å². The molecule has 8 nitrogen and oxygen atoms in total. The third-order valence-electron chi connectivity index (χ3n) is 6.79. The molecule has 3 heterocycles. The fourth-order valence-electron chi connectivity index (χ4n) is 5.09. The number of pyridine rings is 1. The Morgan fingerprint density at radius 3 is 2.62 bits per heavy atom. The Kier molecular flexibility index (Phi) is 6.22. The highest BCUT2D eigenvalue weighted by Gasteiger charge is 2.41. The van der Waals surface area contributed by atoms with Crippen LogP contribution in [-0.2, 0) is 24.3 Å². The van der Waals surface area contributed by atoms with Crippen molar-refractivity contribution in [1.29, 1.82) is 0 Å². The Bertz CT molecular complexity index is 1170. The molecule has 2 aromatic carbocycles. The van der Waals surface area contributed by atoms with Crippen LogP contribution in [-0.4, -0.2) is 46.4 Å². The third kappa shape index (κ3) is 4.63. The van der Waals surface area contributed by atoms with Crippen molar-refractivity contribution in [2.75, 3.05) is 24.5 Å². The highest BCUT2D eigenvalue weighted by molar-refractivity contribution is 5.82. The Morgan fingerprint density at radius 2 is 1.85 bits per heavy atom. The molecule has 1 aromatic heterocycles. The number of nitrogens with zero attached hydrogens (tertiary/aromatic N) is 4. The number of aromatic nitrogens is 1. The summed E-state index contributed by atoms with van der Waals surface area (Å²) in [6.07, 6.45) is 3.91. The summed E-state index contributed by atoms with van der Waals surface area (Å²) in [5.74, 6) is -0.319. The molecule has 0 aliphatic carbocycles. The van der Waals surface area contributed by atoms with Gasteiger partial charge in [-0.2, -0.15) is 0 Å². The average Bonchev–Trinajstić information content (AvgIpc) is 2.87. The maximum atomic E-state index is 13.4. The number of amides is 1. The van der Waals surface area contributed by atoms with Crippen LogP contribution in [0, 0.1) is 16.0 Å². The maximum Gasteiger partial charge on any atom is 0.269 e. The standard InChI is InChI=1S/C26H27N5O3/c32-26(28-16-19-8-10-27-11-9-19)23-15-21-14-22(31(33)34)6-7-24(21)30-13-12-29(18-25(23)30)17-20-4-2-1-3-5-20/h1-11,14,23,25H,12-13,15-18H2,(H,28,32). The molecule has 0 radical (unpaired) electrons. The van der Waals surface area contributed by atoms with Gasteiger partial charge in [0.05, 0.1) is 16.9 Å². The Balaban J connectivity index is 1.39. The molecule has 1 saturated heterocycles. The third-order valence-corrected chi connectivity index (χ3v) is 6.79. The van der Waals surface area contributed by atoms with E-state index in [1.54, 1.807) is 24.5 Å². The summed E-state index contributed by atoms with van der Waals surface area (Å²) in [7, 11) is 0. The van der Waals surface area contributed by atoms with Crippen molar-refractivity contribution in [1.82, 2.24) is 15.2 Å². The van der Waals surface area contributed by atoms with Crippen LogP contribution in [0.3, 0.4) is 0 Å². The highest BCUT2D eigenvalue weighted by atomic mass is 16.6. The van der Waals surface area contributed by atoms with Crippen LogP contribution >= 0.6 is 0 Å². The number of nitro benzene ring substituents is 1. The van der Waals surface area contributed by atoms with Crippen molar-refractivity contribution in [3.05, 3.63) is 99.9 Å². The molecular formula is C26H27N5O3. The first-order valence-electron chi connectivity index (χ1n) is 11.6. The number of piperazine rings is 1. The number of rotatable bonds is 6. The molecule has 34 heavy (non-hydrogen) atoms. The van der Waals surface area contributed by atoms with E-state index < -0.39 is 0 Å². The predicted molar refractivity (Wildman–Crippen MR) is 129 cm³/mol. The van der Waals surface area contributed by atoms with Crippen molar-refractivity contribution in [2.45, 2.75) is 25.6 Å². The first-order valence-corrected chi connectivity index (χ1v) is 11.6. The number of benzene rings is 2. The minimum Gasteiger partial charge on any atom is -0.365 e. The number of non-ortho nitro benzene ring substituents is 1. The lowest BCUT2D eigenvalue weighted by atomic mass is 9.83. The summed E-state index contributed by atoms with van der Waals surface area (Å²) in [5.41, 5.74) is 4.18. The maximum absolute atomic E-state index is 13.4. The number of nitrogens with one attached hydrogen (secondary N) is 1. The number of fused-ring (bicyclic) bond motifs is 3. The van der Waals surface area contributed by atoms with Crippen LogP contribution in [0.4, 0.5) is 11.4 Å². The zero-order chi connectivity index (χ0) is 23.5. The van der Waals surface area contributed by atoms with E-state index >= 15 is 0 Å². The first kappa shape index (κ1) is 22.0. The van der Waals surface area contributed by atoms with Crippen LogP contribution in [0.1, 0.15) is 16.7 Å². The number of carbonyl (C=O) groups is 1. The quantitative estimate of drug-likeness (QED) is 0.452. The summed E-state index contributed by atoms with van der Waals surface area (Å²) < 4.78 is 0. The lowest BCUT2D eigenvalue weighted by molar-refractivity contribution is -0.384. The van der Waals surface area contributed by atoms with Gasteiger partial charge < -0.3 is 10.2 Å². The molecule has 8 heteroatoms. The summed E-state index contributed by atoms with van der Waals surface area (Å²) >= 11 is 0. The van der Waals surface area contributed by atoms with Crippen molar-refractivity contribution in [3.8, 4) is 0 Å². The second-order valence-corrected chi connectivity index (χ2v) is 8.94. The van der Waals surface area contributed by atoms with Gasteiger partial charge in [-0.1, -0.05) is 30.3 Å². The van der Waals surface area contributed by atoms with Crippen molar-refractivity contribution >= 4 is 17.3 Å². The second-order valence-electron chi connectivity index (χ2n) is 8.94. The molecule has 2 aliphatic rings. The van der Waals surface area contributed by atoms with E-state index in [1.807, 2.05) is 36.4 Å². The SMILES string of the molecule is O=C(NCc1ccncc1)C1Cc2cc([N+](=O)[O-])ccc2N2CCN(Cc3ccccc3)CC12. The number of anilines is 1. The molecule has 2 unspecified atom stereocenters. The zero-order valence-electron chi connectivity index (χ0n) is 18.8. The fraction of sp³-hybridized carbons (Fsp3) is 0.308. The topological polar surface area (TPSA) is 91.6 Å². The summed E-state index contributed by atoms with van der Waals surface area (Å²) in [6, 6.07) is 19.2. The van der Waals surface area contributed by atoms with E-state index in [4.69, 9.17) is 0 Å². The largest absolute Gasteiger partial charge is 0.365 e. The molecule has 174 valence electrons. The minimum atomic E-state index is -0.372. The lowest BCUT2D eigenvalue weighted by Crippen LogP contribution is -2.60. The van der Waals surface area contributed by atoms with Gasteiger partial charge in [0.25, 0.3) is 5.69 Å². The monoisotopic (exact) mass is 457 g/mol. The van der Waals surface area contributed by atoms with E-state index in [0.29, 0.717) is 13.0 Å². The molecule has 2 atom stereocenters. The molecule has 0 spiro atoms. The fourth-order valence-corrected chi connectivity index (χ4v) is 5.09.